The molecule has 3 aromatic heterocycles. The third-order valence-electron chi connectivity index (χ3n) is 2.40. The van der Waals surface area contributed by atoms with Crippen LogP contribution in [0.4, 0.5) is 0 Å². The maximum atomic E-state index is 4.44. The van der Waals surface area contributed by atoms with Crippen molar-refractivity contribution >= 4 is 17.0 Å². The van der Waals surface area contributed by atoms with Crippen LogP contribution in [0.5, 0.6) is 0 Å². The molecule has 0 saturated carbocycles. The Bertz CT molecular complexity index is 553. The van der Waals surface area contributed by atoms with E-state index < -0.39 is 0 Å². The summed E-state index contributed by atoms with van der Waals surface area (Å²) in [7, 11) is 0. The lowest BCUT2D eigenvalue weighted by atomic mass is 10.3. The van der Waals surface area contributed by atoms with Crippen molar-refractivity contribution in [3.63, 3.8) is 0 Å². The van der Waals surface area contributed by atoms with Crippen LogP contribution in [0.3, 0.4) is 0 Å². The van der Waals surface area contributed by atoms with Gasteiger partial charge in [0.15, 0.2) is 5.82 Å². The summed E-state index contributed by atoms with van der Waals surface area (Å²) >= 11 is 0. The smallest absolute Gasteiger partial charge is 0.153 e. The summed E-state index contributed by atoms with van der Waals surface area (Å²) in [5, 5.41) is 4.44. The summed E-state index contributed by atoms with van der Waals surface area (Å²) in [4.78, 5) is 8.50. The van der Waals surface area contributed by atoms with E-state index in [-0.39, 0.29) is 17.0 Å². The fourth-order valence-corrected chi connectivity index (χ4v) is 1.59. The number of hydrogen-bond acceptors (Lipinski definition) is 3. The zero-order valence-corrected chi connectivity index (χ0v) is 11.2. The van der Waals surface area contributed by atoms with E-state index in [4.69, 9.17) is 0 Å². The van der Waals surface area contributed by atoms with Gasteiger partial charge in [0.2, 0.25) is 0 Å². The zero-order valence-electron chi connectivity index (χ0n) is 9.47. The average molecular weight is 303 g/mol. The van der Waals surface area contributed by atoms with E-state index >= 15 is 0 Å². The number of rotatable bonds is 2. The monoisotopic (exact) mass is 302 g/mol. The van der Waals surface area contributed by atoms with Gasteiger partial charge in [-0.05, 0) is 30.3 Å². The molecule has 0 aliphatic heterocycles. The Morgan fingerprint density at radius 2 is 1.56 bits per heavy atom. The van der Waals surface area contributed by atoms with Crippen LogP contribution < -0.4 is 0 Å². The van der Waals surface area contributed by atoms with Crippen LogP contribution in [0, 0.1) is 0 Å². The van der Waals surface area contributed by atoms with Crippen molar-refractivity contribution < 1.29 is 0 Å². The average Bonchev–Trinajstić information content (AvgIpc) is 2.90. The minimum Gasteiger partial charge on any atom is -0.255 e. The molecule has 3 rings (SSSR count). The Morgan fingerprint density at radius 3 is 2.22 bits per heavy atom. The van der Waals surface area contributed by atoms with Gasteiger partial charge < -0.3 is 0 Å². The minimum absolute atomic E-state index is 0. The van der Waals surface area contributed by atoms with Gasteiger partial charge >= 0.3 is 0 Å². The van der Waals surface area contributed by atoms with Crippen molar-refractivity contribution in [3.05, 3.63) is 61.1 Å². The van der Waals surface area contributed by atoms with Crippen molar-refractivity contribution in [2.75, 3.05) is 0 Å². The molecule has 0 radical (unpaired) electrons. The maximum Gasteiger partial charge on any atom is 0.153 e. The molecule has 5 heteroatoms. The summed E-state index contributed by atoms with van der Waals surface area (Å²) in [6, 6.07) is 13.4. The van der Waals surface area contributed by atoms with Gasteiger partial charge in [0, 0.05) is 18.6 Å². The Labute approximate surface area is 115 Å². The highest BCUT2D eigenvalue weighted by Gasteiger charge is 2.04. The van der Waals surface area contributed by atoms with Crippen LogP contribution in [0.15, 0.2) is 61.1 Å². The molecule has 18 heavy (non-hydrogen) atoms. The van der Waals surface area contributed by atoms with Crippen LogP contribution >= 0.6 is 17.0 Å². The Hall–Kier alpha value is -2.01. The van der Waals surface area contributed by atoms with Gasteiger partial charge in [-0.3, -0.25) is 4.98 Å². The Morgan fingerprint density at radius 1 is 0.778 bits per heavy atom. The summed E-state index contributed by atoms with van der Waals surface area (Å²) in [6.07, 6.45) is 5.39. The van der Waals surface area contributed by atoms with Gasteiger partial charge in [-0.15, -0.1) is 17.0 Å². The molecular weight excluding hydrogens is 292 g/mol. The molecule has 0 saturated heterocycles. The Balaban J connectivity index is 0.00000120. The van der Waals surface area contributed by atoms with Gasteiger partial charge in [-0.1, -0.05) is 12.1 Å². The first-order valence-corrected chi connectivity index (χ1v) is 5.32. The van der Waals surface area contributed by atoms with Crippen LogP contribution in [-0.4, -0.2) is 19.7 Å². The Kier molecular flexibility index (Phi) is 3.84. The van der Waals surface area contributed by atoms with Crippen LogP contribution in [0.2, 0.25) is 0 Å². The van der Waals surface area contributed by atoms with Gasteiger partial charge in [0.05, 0.1) is 5.69 Å². The molecule has 0 N–H and O–H groups in total. The second-order valence-corrected chi connectivity index (χ2v) is 3.55. The first kappa shape index (κ1) is 12.4. The normalized spacial score (nSPS) is 9.78. The number of halogens is 1. The number of nitrogens with zero attached hydrogens (tertiary/aromatic N) is 4. The maximum absolute atomic E-state index is 4.44. The van der Waals surface area contributed by atoms with Crippen molar-refractivity contribution in [2.45, 2.75) is 0 Å². The molecule has 0 fully saturated rings. The van der Waals surface area contributed by atoms with Gasteiger partial charge in [0.25, 0.3) is 0 Å². The lowest BCUT2D eigenvalue weighted by Crippen LogP contribution is -1.97. The molecule has 0 spiro atoms. The van der Waals surface area contributed by atoms with E-state index in [0.717, 1.165) is 17.2 Å². The standard InChI is InChI=1S/C13H10N4.BrH/c1-3-8-14-11(5-1)12-7-10-17(16-12)13-6-2-4-9-15-13;/h1-10H;1H. The van der Waals surface area contributed by atoms with Crippen molar-refractivity contribution in [2.24, 2.45) is 0 Å². The number of hydrogen-bond donors (Lipinski definition) is 0. The zero-order chi connectivity index (χ0) is 11.5. The molecule has 0 aliphatic carbocycles. The van der Waals surface area contributed by atoms with E-state index in [2.05, 4.69) is 15.1 Å². The second-order valence-electron chi connectivity index (χ2n) is 3.55. The molecule has 3 aromatic rings. The largest absolute Gasteiger partial charge is 0.255 e. The molecule has 0 unspecified atom stereocenters. The minimum atomic E-state index is 0. The number of aromatic nitrogens is 4. The molecule has 0 amide bonds. The quantitative estimate of drug-likeness (QED) is 0.731. The molecular formula is C13H11BrN4. The third kappa shape index (κ3) is 2.46. The number of pyridine rings is 2. The van der Waals surface area contributed by atoms with Gasteiger partial charge in [-0.25, -0.2) is 9.67 Å². The molecule has 90 valence electrons. The molecule has 0 atom stereocenters. The third-order valence-corrected chi connectivity index (χ3v) is 2.40. The van der Waals surface area contributed by atoms with E-state index in [9.17, 15) is 0 Å². The van der Waals surface area contributed by atoms with Crippen LogP contribution in [-0.2, 0) is 0 Å². The summed E-state index contributed by atoms with van der Waals surface area (Å²) in [5.74, 6) is 0.801. The first-order valence-electron chi connectivity index (χ1n) is 5.32. The fraction of sp³-hybridized carbons (Fsp3) is 0. The summed E-state index contributed by atoms with van der Waals surface area (Å²) in [6.45, 7) is 0. The predicted molar refractivity (Wildman–Crippen MR) is 74.9 cm³/mol. The van der Waals surface area contributed by atoms with E-state index in [1.165, 1.54) is 0 Å². The van der Waals surface area contributed by atoms with Crippen molar-refractivity contribution in [3.8, 4) is 17.2 Å². The van der Waals surface area contributed by atoms with E-state index in [1.807, 2.05) is 48.7 Å². The van der Waals surface area contributed by atoms with E-state index in [0.29, 0.717) is 0 Å². The fourth-order valence-electron chi connectivity index (χ4n) is 1.59. The molecule has 0 aliphatic rings. The highest BCUT2D eigenvalue weighted by molar-refractivity contribution is 8.93. The highest BCUT2D eigenvalue weighted by Crippen LogP contribution is 2.14. The first-order chi connectivity index (χ1) is 8.43. The lowest BCUT2D eigenvalue weighted by Gasteiger charge is -1.98. The summed E-state index contributed by atoms with van der Waals surface area (Å²) < 4.78 is 1.74. The predicted octanol–water partition coefficient (Wildman–Crippen LogP) is 2.91. The molecule has 0 aromatic carbocycles. The molecule has 4 nitrogen and oxygen atoms in total. The van der Waals surface area contributed by atoms with Crippen LogP contribution in [0.25, 0.3) is 17.2 Å². The van der Waals surface area contributed by atoms with E-state index in [1.54, 1.807) is 17.1 Å². The van der Waals surface area contributed by atoms with Gasteiger partial charge in [0.1, 0.15) is 5.69 Å². The van der Waals surface area contributed by atoms with Crippen LogP contribution in [0.1, 0.15) is 0 Å². The molecule has 0 bridgehead atoms. The van der Waals surface area contributed by atoms with Crippen molar-refractivity contribution in [1.29, 1.82) is 0 Å². The SMILES string of the molecule is Br.c1ccc(-c2ccn(-c3ccccn3)n2)nc1. The lowest BCUT2D eigenvalue weighted by molar-refractivity contribution is 0.849. The highest BCUT2D eigenvalue weighted by atomic mass is 79.9. The van der Waals surface area contributed by atoms with Crippen molar-refractivity contribution in [1.82, 2.24) is 19.7 Å². The van der Waals surface area contributed by atoms with Gasteiger partial charge in [-0.2, -0.15) is 5.10 Å². The summed E-state index contributed by atoms with van der Waals surface area (Å²) in [5.41, 5.74) is 1.71. The second kappa shape index (κ2) is 5.55. The molecule has 3 heterocycles. The topological polar surface area (TPSA) is 43.6 Å².